The van der Waals surface area contributed by atoms with E-state index in [0.29, 0.717) is 34.0 Å². The number of aromatic nitrogens is 2. The van der Waals surface area contributed by atoms with Gasteiger partial charge in [-0.3, -0.25) is 9.36 Å². The van der Waals surface area contributed by atoms with Crippen LogP contribution >= 0.6 is 23.4 Å². The van der Waals surface area contributed by atoms with Crippen molar-refractivity contribution in [3.63, 3.8) is 0 Å². The molecule has 2 rings (SSSR count). The van der Waals surface area contributed by atoms with E-state index in [9.17, 15) is 4.79 Å². The van der Waals surface area contributed by atoms with Gasteiger partial charge in [-0.05, 0) is 36.4 Å². The fourth-order valence-corrected chi connectivity index (χ4v) is 2.57. The van der Waals surface area contributed by atoms with Crippen molar-refractivity contribution in [2.24, 2.45) is 0 Å². The molecule has 1 aromatic carbocycles. The molecule has 0 atom stereocenters. The van der Waals surface area contributed by atoms with Crippen LogP contribution in [0.4, 0.5) is 0 Å². The van der Waals surface area contributed by atoms with Gasteiger partial charge in [0.15, 0.2) is 0 Å². The van der Waals surface area contributed by atoms with Gasteiger partial charge in [0.2, 0.25) is 0 Å². The molecule has 0 N–H and O–H groups in total. The summed E-state index contributed by atoms with van der Waals surface area (Å²) in [6.07, 6.45) is 1.90. The largest absolute Gasteiger partial charge is 0.295 e. The molecule has 20 heavy (non-hydrogen) atoms. The van der Waals surface area contributed by atoms with E-state index in [1.807, 2.05) is 5.40 Å². The number of benzene rings is 1. The molecule has 0 radical (unpaired) electrons. The van der Waals surface area contributed by atoms with Gasteiger partial charge in [0.05, 0.1) is 16.7 Å². The van der Waals surface area contributed by atoms with Crippen LogP contribution in [0.1, 0.15) is 25.6 Å². The lowest BCUT2D eigenvalue weighted by atomic mass is 10.2. The Morgan fingerprint density at radius 3 is 3.00 bits per heavy atom. The fraction of sp³-hybridized carbons (Fsp3) is 0.357. The third-order valence-electron chi connectivity index (χ3n) is 3.00. The van der Waals surface area contributed by atoms with Crippen molar-refractivity contribution >= 4 is 34.3 Å². The quantitative estimate of drug-likeness (QED) is 0.792. The summed E-state index contributed by atoms with van der Waals surface area (Å²) < 4.78 is 1.67. The van der Waals surface area contributed by atoms with Gasteiger partial charge in [0, 0.05) is 11.6 Å². The molecule has 0 saturated carbocycles. The maximum atomic E-state index is 12.5. The summed E-state index contributed by atoms with van der Waals surface area (Å²) in [5.41, 5.74) is 0.525. The summed E-state index contributed by atoms with van der Waals surface area (Å²) >= 11 is 7.03. The second kappa shape index (κ2) is 6.78. The minimum absolute atomic E-state index is 0.0614. The van der Waals surface area contributed by atoms with Crippen molar-refractivity contribution in [1.82, 2.24) is 9.55 Å². The molecule has 1 aromatic heterocycles. The van der Waals surface area contributed by atoms with E-state index in [0.717, 1.165) is 24.6 Å². The Morgan fingerprint density at radius 2 is 2.30 bits per heavy atom. The molecule has 0 spiro atoms. The molecule has 6 heteroatoms. The Labute approximate surface area is 126 Å². The summed E-state index contributed by atoms with van der Waals surface area (Å²) in [5.74, 6) is 1.03. The number of nitrogens with zero attached hydrogens (tertiary/aromatic N) is 3. The number of thiocyanates is 1. The van der Waals surface area contributed by atoms with Gasteiger partial charge in [0.25, 0.3) is 5.56 Å². The first-order valence-corrected chi connectivity index (χ1v) is 7.73. The molecule has 0 unspecified atom stereocenters. The van der Waals surface area contributed by atoms with Crippen molar-refractivity contribution < 1.29 is 0 Å². The lowest BCUT2D eigenvalue weighted by molar-refractivity contribution is 0.589. The van der Waals surface area contributed by atoms with Crippen LogP contribution in [0.15, 0.2) is 23.0 Å². The summed E-state index contributed by atoms with van der Waals surface area (Å²) in [6, 6.07) is 5.08. The summed E-state index contributed by atoms with van der Waals surface area (Å²) in [4.78, 5) is 17.0. The Balaban J connectivity index is 2.60. The second-order valence-electron chi connectivity index (χ2n) is 4.38. The molecular weight excluding hydrogens is 294 g/mol. The van der Waals surface area contributed by atoms with Gasteiger partial charge in [-0.2, -0.15) is 5.26 Å². The first-order valence-electron chi connectivity index (χ1n) is 6.37. The van der Waals surface area contributed by atoms with Crippen LogP contribution in [0.5, 0.6) is 0 Å². The SMILES string of the molecule is CCCCn1c(CSC#N)nc2cc(Cl)ccc2c1=O. The molecule has 0 saturated heterocycles. The number of fused-ring (bicyclic) bond motifs is 1. The smallest absolute Gasteiger partial charge is 0.261 e. The molecule has 0 aliphatic carbocycles. The van der Waals surface area contributed by atoms with E-state index in [4.69, 9.17) is 16.9 Å². The molecule has 0 bridgehead atoms. The predicted molar refractivity (Wildman–Crippen MR) is 82.8 cm³/mol. The van der Waals surface area contributed by atoms with Gasteiger partial charge in [-0.1, -0.05) is 24.9 Å². The highest BCUT2D eigenvalue weighted by atomic mass is 35.5. The van der Waals surface area contributed by atoms with Crippen LogP contribution in [0.25, 0.3) is 10.9 Å². The Bertz CT molecular complexity index is 721. The number of hydrogen-bond donors (Lipinski definition) is 0. The number of nitriles is 1. The fourth-order valence-electron chi connectivity index (χ4n) is 1.99. The molecule has 4 nitrogen and oxygen atoms in total. The molecule has 0 amide bonds. The zero-order chi connectivity index (χ0) is 14.5. The molecule has 1 heterocycles. The Kier molecular flexibility index (Phi) is 5.05. The molecule has 0 fully saturated rings. The van der Waals surface area contributed by atoms with Crippen molar-refractivity contribution in [3.05, 3.63) is 39.4 Å². The van der Waals surface area contributed by atoms with E-state index in [1.54, 1.807) is 22.8 Å². The number of unbranched alkanes of at least 4 members (excludes halogenated alkanes) is 1. The van der Waals surface area contributed by atoms with Crippen molar-refractivity contribution in [1.29, 1.82) is 5.26 Å². The summed E-state index contributed by atoms with van der Waals surface area (Å²) in [7, 11) is 0. The first kappa shape index (κ1) is 14.9. The van der Waals surface area contributed by atoms with E-state index in [1.165, 1.54) is 0 Å². The number of hydrogen-bond acceptors (Lipinski definition) is 4. The van der Waals surface area contributed by atoms with Crippen LogP contribution in [0, 0.1) is 10.7 Å². The third-order valence-corrected chi connectivity index (χ3v) is 3.76. The molecule has 0 aliphatic rings. The minimum atomic E-state index is -0.0614. The zero-order valence-corrected chi connectivity index (χ0v) is 12.7. The van der Waals surface area contributed by atoms with Crippen molar-refractivity contribution in [2.75, 3.05) is 0 Å². The number of rotatable bonds is 5. The van der Waals surface area contributed by atoms with Crippen LogP contribution in [0.2, 0.25) is 5.02 Å². The number of thioether (sulfide) groups is 1. The maximum absolute atomic E-state index is 12.5. The van der Waals surface area contributed by atoms with Gasteiger partial charge in [-0.25, -0.2) is 4.98 Å². The topological polar surface area (TPSA) is 58.7 Å². The summed E-state index contributed by atoms with van der Waals surface area (Å²) in [6.45, 7) is 2.70. The molecule has 2 aromatic rings. The van der Waals surface area contributed by atoms with E-state index >= 15 is 0 Å². The highest BCUT2D eigenvalue weighted by Crippen LogP contribution is 2.17. The van der Waals surface area contributed by atoms with Crippen LogP contribution in [0.3, 0.4) is 0 Å². The highest BCUT2D eigenvalue weighted by molar-refractivity contribution is 8.02. The average molecular weight is 308 g/mol. The van der Waals surface area contributed by atoms with Crippen LogP contribution < -0.4 is 5.56 Å². The first-order chi connectivity index (χ1) is 9.67. The predicted octanol–water partition coefficient (Wildman–Crippen LogP) is 3.56. The van der Waals surface area contributed by atoms with Gasteiger partial charge in [0.1, 0.15) is 11.2 Å². The van der Waals surface area contributed by atoms with Gasteiger partial charge in [-0.15, -0.1) is 0 Å². The molecule has 0 aliphatic heterocycles. The Morgan fingerprint density at radius 1 is 1.50 bits per heavy atom. The molecule has 104 valence electrons. The van der Waals surface area contributed by atoms with Crippen molar-refractivity contribution in [3.8, 4) is 5.40 Å². The van der Waals surface area contributed by atoms with E-state index < -0.39 is 0 Å². The standard InChI is InChI=1S/C14H14ClN3OS/c1-2-3-6-18-13(8-20-9-16)17-12-7-10(15)4-5-11(12)14(18)19/h4-5,7H,2-3,6,8H2,1H3. The van der Waals surface area contributed by atoms with Gasteiger partial charge < -0.3 is 0 Å². The average Bonchev–Trinajstić information content (AvgIpc) is 2.44. The maximum Gasteiger partial charge on any atom is 0.261 e. The zero-order valence-electron chi connectivity index (χ0n) is 11.1. The number of halogens is 1. The van der Waals surface area contributed by atoms with Crippen LogP contribution in [-0.2, 0) is 12.3 Å². The normalized spacial score (nSPS) is 10.7. The van der Waals surface area contributed by atoms with E-state index in [2.05, 4.69) is 11.9 Å². The molecular formula is C14H14ClN3OS. The highest BCUT2D eigenvalue weighted by Gasteiger charge is 2.11. The lowest BCUT2D eigenvalue weighted by Crippen LogP contribution is -2.25. The third kappa shape index (κ3) is 3.14. The Hall–Kier alpha value is -1.51. The van der Waals surface area contributed by atoms with Crippen LogP contribution in [-0.4, -0.2) is 9.55 Å². The summed E-state index contributed by atoms with van der Waals surface area (Å²) in [5, 5.41) is 11.8. The second-order valence-corrected chi connectivity index (χ2v) is 5.58. The van der Waals surface area contributed by atoms with Crippen molar-refractivity contribution in [2.45, 2.75) is 32.1 Å². The van der Waals surface area contributed by atoms with E-state index in [-0.39, 0.29) is 5.56 Å². The monoisotopic (exact) mass is 307 g/mol. The minimum Gasteiger partial charge on any atom is -0.295 e. The van der Waals surface area contributed by atoms with Gasteiger partial charge >= 0.3 is 0 Å². The lowest BCUT2D eigenvalue weighted by Gasteiger charge is -2.12.